The maximum absolute atomic E-state index is 12.6. The number of pyridine rings is 2. The number of carbonyl (C=O) groups excluding carboxylic acids is 2. The van der Waals surface area contributed by atoms with Crippen molar-refractivity contribution in [1.29, 1.82) is 0 Å². The van der Waals surface area contributed by atoms with Crippen LogP contribution in [0.25, 0.3) is 0 Å². The van der Waals surface area contributed by atoms with Gasteiger partial charge in [-0.05, 0) is 61.9 Å². The van der Waals surface area contributed by atoms with Gasteiger partial charge in [-0.2, -0.15) is 0 Å². The van der Waals surface area contributed by atoms with Gasteiger partial charge in [-0.3, -0.25) is 14.6 Å². The highest BCUT2D eigenvalue weighted by Gasteiger charge is 2.27. The molecule has 1 atom stereocenters. The van der Waals surface area contributed by atoms with Crippen LogP contribution >= 0.6 is 11.6 Å². The topological polar surface area (TPSA) is 131 Å². The van der Waals surface area contributed by atoms with Crippen molar-refractivity contribution in [3.63, 3.8) is 0 Å². The van der Waals surface area contributed by atoms with Gasteiger partial charge in [0.1, 0.15) is 11.6 Å². The maximum atomic E-state index is 12.6. The van der Waals surface area contributed by atoms with E-state index >= 15 is 0 Å². The zero-order chi connectivity index (χ0) is 26.3. The van der Waals surface area contributed by atoms with E-state index in [0.717, 1.165) is 12.2 Å². The lowest BCUT2D eigenvalue weighted by Gasteiger charge is -2.16. The Bertz CT molecular complexity index is 1170. The Morgan fingerprint density at radius 2 is 1.78 bits per heavy atom. The van der Waals surface area contributed by atoms with E-state index in [1.165, 1.54) is 36.7 Å². The van der Waals surface area contributed by atoms with E-state index in [-0.39, 0.29) is 17.8 Å². The van der Waals surface area contributed by atoms with E-state index in [1.54, 1.807) is 24.3 Å². The van der Waals surface area contributed by atoms with Gasteiger partial charge in [0, 0.05) is 48.5 Å². The molecule has 0 aliphatic carbocycles. The second-order valence-corrected chi connectivity index (χ2v) is 8.31. The monoisotopic (exact) mass is 519 g/mol. The molecule has 3 heterocycles. The first-order valence-corrected chi connectivity index (χ1v) is 11.2. The van der Waals surface area contributed by atoms with Crippen molar-refractivity contribution in [2.75, 3.05) is 23.3 Å². The molecule has 0 spiro atoms. The number of β-amino-alcohol motifs (C(OH)–C–C–N with tert-alkyl or cyclic N) is 1. The standard InChI is InChI=1S/C17H16ClF2N3O3.C7H8N2O/c18-17(19,20)26-14-4-2-12(3-5-14)22-16(25)11-1-6-15(21-9-11)23-8-7-13(24)10-23;1-5-2-3-6(4-9-5)7(8)10/h1-6,9,13,24H,7-8,10H2,(H,22,25);2-4H,1H3,(H2,8,10)/t13-;/m1./s1. The molecule has 0 bridgehead atoms. The number of hydrogen-bond acceptors (Lipinski definition) is 7. The summed E-state index contributed by atoms with van der Waals surface area (Å²) in [7, 11) is 0. The molecular formula is C24H24ClF2N5O4. The Hall–Kier alpha value is -3.83. The van der Waals surface area contributed by atoms with Crippen LogP contribution in [0, 0.1) is 6.92 Å². The van der Waals surface area contributed by atoms with Crippen molar-refractivity contribution in [3.05, 3.63) is 77.7 Å². The molecule has 1 saturated heterocycles. The number of alkyl halides is 3. The summed E-state index contributed by atoms with van der Waals surface area (Å²) in [5.74, 6) is -0.252. The molecule has 1 aliphatic heterocycles. The molecule has 3 aromatic rings. The van der Waals surface area contributed by atoms with Gasteiger partial charge in [0.25, 0.3) is 5.91 Å². The summed E-state index contributed by atoms with van der Waals surface area (Å²) < 4.78 is 29.3. The third-order valence-corrected chi connectivity index (χ3v) is 5.12. The number of primary amides is 1. The first-order chi connectivity index (χ1) is 17.0. The highest BCUT2D eigenvalue weighted by molar-refractivity contribution is 6.20. The second kappa shape index (κ2) is 11.7. The molecule has 1 fully saturated rings. The molecule has 4 N–H and O–H groups in total. The van der Waals surface area contributed by atoms with Crippen molar-refractivity contribution in [3.8, 4) is 5.75 Å². The van der Waals surface area contributed by atoms with Crippen LogP contribution in [0.3, 0.4) is 0 Å². The molecule has 0 saturated carbocycles. The number of amides is 2. The third kappa shape index (κ3) is 8.14. The molecular weight excluding hydrogens is 496 g/mol. The fourth-order valence-electron chi connectivity index (χ4n) is 3.21. The van der Waals surface area contributed by atoms with Crippen LogP contribution in [0.1, 0.15) is 32.8 Å². The van der Waals surface area contributed by atoms with Gasteiger partial charge in [0.15, 0.2) is 0 Å². The van der Waals surface area contributed by atoms with E-state index in [2.05, 4.69) is 20.0 Å². The number of ether oxygens (including phenoxy) is 1. The highest BCUT2D eigenvalue weighted by Crippen LogP contribution is 2.26. The zero-order valence-electron chi connectivity index (χ0n) is 19.2. The Morgan fingerprint density at radius 3 is 2.28 bits per heavy atom. The number of halogens is 3. The van der Waals surface area contributed by atoms with Crippen LogP contribution < -0.4 is 20.7 Å². The van der Waals surface area contributed by atoms with Crippen molar-refractivity contribution in [1.82, 2.24) is 9.97 Å². The lowest BCUT2D eigenvalue weighted by atomic mass is 10.2. The van der Waals surface area contributed by atoms with Crippen molar-refractivity contribution < 1.29 is 28.2 Å². The molecule has 36 heavy (non-hydrogen) atoms. The number of rotatable bonds is 6. The average Bonchev–Trinajstić information content (AvgIpc) is 3.26. The normalized spacial score (nSPS) is 15.0. The van der Waals surface area contributed by atoms with E-state index in [0.29, 0.717) is 35.6 Å². The first kappa shape index (κ1) is 26.8. The first-order valence-electron chi connectivity index (χ1n) is 10.8. The van der Waals surface area contributed by atoms with Crippen LogP contribution in [0.15, 0.2) is 60.9 Å². The van der Waals surface area contributed by atoms with Crippen LogP contribution in [-0.4, -0.2) is 51.7 Å². The molecule has 2 amide bonds. The Kier molecular flexibility index (Phi) is 8.73. The largest absolute Gasteiger partial charge is 0.487 e. The summed E-state index contributed by atoms with van der Waals surface area (Å²) >= 11 is 4.69. The molecule has 0 radical (unpaired) electrons. The van der Waals surface area contributed by atoms with E-state index < -0.39 is 11.5 Å². The Balaban J connectivity index is 0.000000303. The molecule has 2 aromatic heterocycles. The van der Waals surface area contributed by atoms with E-state index in [9.17, 15) is 23.5 Å². The van der Waals surface area contributed by atoms with Crippen LogP contribution in [0.5, 0.6) is 5.75 Å². The molecule has 9 nitrogen and oxygen atoms in total. The lowest BCUT2D eigenvalue weighted by molar-refractivity contribution is -0.0964. The number of carbonyl (C=O) groups is 2. The van der Waals surface area contributed by atoms with E-state index in [1.807, 2.05) is 11.8 Å². The number of hydrogen-bond donors (Lipinski definition) is 3. The number of aromatic nitrogens is 2. The third-order valence-electron chi connectivity index (χ3n) is 5.04. The molecule has 0 unspecified atom stereocenters. The fourth-order valence-corrected chi connectivity index (χ4v) is 3.30. The molecule has 4 rings (SSSR count). The number of nitrogens with one attached hydrogen (secondary N) is 1. The molecule has 1 aliphatic rings. The number of nitrogens with two attached hydrogens (primary N) is 1. The van der Waals surface area contributed by atoms with Crippen LogP contribution in [0.4, 0.5) is 20.3 Å². The SMILES string of the molecule is Cc1ccc(C(N)=O)cn1.O=C(Nc1ccc(OC(F)(F)Cl)cc1)c1ccc(N2CC[C@@H](O)C2)nc1. The molecule has 1 aromatic carbocycles. The van der Waals surface area contributed by atoms with Gasteiger partial charge in [-0.15, -0.1) is 8.78 Å². The second-order valence-electron chi connectivity index (χ2n) is 7.87. The number of aryl methyl sites for hydroxylation is 1. The Labute approximate surface area is 210 Å². The molecule has 190 valence electrons. The summed E-state index contributed by atoms with van der Waals surface area (Å²) in [6.07, 6.45) is 3.25. The minimum atomic E-state index is -3.79. The van der Waals surface area contributed by atoms with E-state index in [4.69, 9.17) is 17.3 Å². The average molecular weight is 520 g/mol. The predicted molar refractivity (Wildman–Crippen MR) is 130 cm³/mol. The van der Waals surface area contributed by atoms with Crippen LogP contribution in [0.2, 0.25) is 0 Å². The van der Waals surface area contributed by atoms with Crippen molar-refractivity contribution in [2.45, 2.75) is 25.0 Å². The molecule has 12 heteroatoms. The summed E-state index contributed by atoms with van der Waals surface area (Å²) in [5.41, 5.74) is 3.28. The summed E-state index contributed by atoms with van der Waals surface area (Å²) in [5, 5.41) is 12.2. The number of nitrogens with zero attached hydrogens (tertiary/aromatic N) is 3. The maximum Gasteiger partial charge on any atom is 0.487 e. The zero-order valence-corrected chi connectivity index (χ0v) is 20.0. The lowest BCUT2D eigenvalue weighted by Crippen LogP contribution is -2.22. The number of benzene rings is 1. The number of aliphatic hydroxyl groups is 1. The summed E-state index contributed by atoms with van der Waals surface area (Å²) in [4.78, 5) is 32.8. The number of anilines is 2. The minimum absolute atomic E-state index is 0.123. The van der Waals surface area contributed by atoms with Gasteiger partial charge >= 0.3 is 5.57 Å². The van der Waals surface area contributed by atoms with Gasteiger partial charge < -0.3 is 25.8 Å². The van der Waals surface area contributed by atoms with Gasteiger partial charge in [0.05, 0.1) is 17.2 Å². The summed E-state index contributed by atoms with van der Waals surface area (Å²) in [6, 6.07) is 12.1. The van der Waals surface area contributed by atoms with Gasteiger partial charge in [-0.1, -0.05) is 0 Å². The Morgan fingerprint density at radius 1 is 1.11 bits per heavy atom. The van der Waals surface area contributed by atoms with Crippen molar-refractivity contribution >= 4 is 34.9 Å². The van der Waals surface area contributed by atoms with Gasteiger partial charge in [0.2, 0.25) is 5.91 Å². The minimum Gasteiger partial charge on any atom is -0.420 e. The smallest absolute Gasteiger partial charge is 0.420 e. The number of aliphatic hydroxyl groups excluding tert-OH is 1. The van der Waals surface area contributed by atoms with Crippen molar-refractivity contribution in [2.24, 2.45) is 5.73 Å². The predicted octanol–water partition coefficient (Wildman–Crippen LogP) is 3.56. The summed E-state index contributed by atoms with van der Waals surface area (Å²) in [6.45, 7) is 3.09. The van der Waals surface area contributed by atoms with Crippen LogP contribution in [-0.2, 0) is 0 Å². The highest BCUT2D eigenvalue weighted by atomic mass is 35.5. The van der Waals surface area contributed by atoms with Gasteiger partial charge in [-0.25, -0.2) is 4.98 Å². The quantitative estimate of drug-likeness (QED) is 0.424. The fraction of sp³-hybridized carbons (Fsp3) is 0.250.